The number of pyridine rings is 1. The highest BCUT2D eigenvalue weighted by Crippen LogP contribution is 2.31. The van der Waals surface area contributed by atoms with Crippen LogP contribution in [0.15, 0.2) is 12.3 Å². The molecule has 0 spiro atoms. The first-order chi connectivity index (χ1) is 8.99. The van der Waals surface area contributed by atoms with Gasteiger partial charge in [-0.2, -0.15) is 0 Å². The Morgan fingerprint density at radius 3 is 2.25 bits per heavy atom. The Labute approximate surface area is 127 Å². The van der Waals surface area contributed by atoms with Gasteiger partial charge in [0.15, 0.2) is 0 Å². The quantitative estimate of drug-likeness (QED) is 0.836. The number of halogens is 2. The number of carboxylic acids is 1. The standard InChI is InChI=1S/C13H16Cl2N2O3/c1-12(2,11(19)20)13(3,4)17-10(18)7-5-8(14)9(15)16-6-7/h5-6H,1-4H3,(H,17,18)(H,19,20). The van der Waals surface area contributed by atoms with Crippen molar-refractivity contribution in [3.8, 4) is 0 Å². The zero-order valence-corrected chi connectivity index (χ0v) is 13.1. The monoisotopic (exact) mass is 318 g/mol. The molecule has 7 heteroatoms. The second-order valence-corrected chi connectivity index (χ2v) is 6.27. The Balaban J connectivity index is 3.00. The highest BCUT2D eigenvalue weighted by molar-refractivity contribution is 6.41. The van der Waals surface area contributed by atoms with Crippen LogP contribution >= 0.6 is 23.2 Å². The summed E-state index contributed by atoms with van der Waals surface area (Å²) in [5.41, 5.74) is -1.90. The zero-order valence-electron chi connectivity index (χ0n) is 11.6. The van der Waals surface area contributed by atoms with E-state index in [1.54, 1.807) is 27.7 Å². The summed E-state index contributed by atoms with van der Waals surface area (Å²) in [6.45, 7) is 6.37. The molecule has 2 N–H and O–H groups in total. The summed E-state index contributed by atoms with van der Waals surface area (Å²) in [5, 5.41) is 12.2. The third-order valence-electron chi connectivity index (χ3n) is 3.58. The van der Waals surface area contributed by atoms with Gasteiger partial charge in [0.2, 0.25) is 0 Å². The van der Waals surface area contributed by atoms with Gasteiger partial charge in [0.1, 0.15) is 5.15 Å². The summed E-state index contributed by atoms with van der Waals surface area (Å²) in [6.07, 6.45) is 1.29. The SMILES string of the molecule is CC(C)(NC(=O)c1cnc(Cl)c(Cl)c1)C(C)(C)C(=O)O. The van der Waals surface area contributed by atoms with Crippen LogP contribution in [-0.2, 0) is 4.79 Å². The molecule has 0 radical (unpaired) electrons. The number of aromatic nitrogens is 1. The van der Waals surface area contributed by atoms with Crippen molar-refractivity contribution < 1.29 is 14.7 Å². The predicted molar refractivity (Wildman–Crippen MR) is 77.2 cm³/mol. The van der Waals surface area contributed by atoms with E-state index in [0.29, 0.717) is 0 Å². The fourth-order valence-electron chi connectivity index (χ4n) is 1.32. The largest absolute Gasteiger partial charge is 0.481 e. The number of nitrogens with one attached hydrogen (secondary N) is 1. The lowest BCUT2D eigenvalue weighted by Gasteiger charge is -2.38. The molecule has 20 heavy (non-hydrogen) atoms. The van der Waals surface area contributed by atoms with Crippen LogP contribution in [0.5, 0.6) is 0 Å². The Kier molecular flexibility index (Phi) is 4.66. The number of rotatable bonds is 4. The first-order valence-electron chi connectivity index (χ1n) is 5.86. The molecule has 5 nitrogen and oxygen atoms in total. The van der Waals surface area contributed by atoms with E-state index < -0.39 is 22.8 Å². The van der Waals surface area contributed by atoms with Crippen molar-refractivity contribution >= 4 is 35.1 Å². The van der Waals surface area contributed by atoms with Crippen molar-refractivity contribution in [3.05, 3.63) is 28.0 Å². The van der Waals surface area contributed by atoms with E-state index in [2.05, 4.69) is 10.3 Å². The van der Waals surface area contributed by atoms with Crippen molar-refractivity contribution in [2.45, 2.75) is 33.2 Å². The lowest BCUT2D eigenvalue weighted by molar-refractivity contribution is -0.150. The number of amides is 1. The van der Waals surface area contributed by atoms with Gasteiger partial charge in [0.25, 0.3) is 5.91 Å². The Hall–Kier alpha value is -1.33. The molecule has 0 saturated heterocycles. The molecule has 0 aromatic carbocycles. The molecule has 1 amide bonds. The maximum atomic E-state index is 12.1. The Bertz CT molecular complexity index is 557. The molecule has 110 valence electrons. The Morgan fingerprint density at radius 2 is 1.80 bits per heavy atom. The molecule has 0 aliphatic rings. The first-order valence-corrected chi connectivity index (χ1v) is 6.61. The second-order valence-electron chi connectivity index (χ2n) is 5.51. The van der Waals surface area contributed by atoms with Crippen molar-refractivity contribution in [2.75, 3.05) is 0 Å². The van der Waals surface area contributed by atoms with Crippen molar-refractivity contribution in [2.24, 2.45) is 5.41 Å². The second kappa shape index (κ2) is 5.58. The van der Waals surface area contributed by atoms with Crippen LogP contribution in [0.1, 0.15) is 38.1 Å². The normalized spacial score (nSPS) is 12.1. The van der Waals surface area contributed by atoms with Gasteiger partial charge < -0.3 is 10.4 Å². The smallest absolute Gasteiger partial charge is 0.311 e. The fourth-order valence-corrected chi connectivity index (χ4v) is 1.59. The number of aliphatic carboxylic acids is 1. The number of carbonyl (C=O) groups is 2. The predicted octanol–water partition coefficient (Wildman–Crippen LogP) is 3.01. The average Bonchev–Trinajstić information content (AvgIpc) is 2.31. The van der Waals surface area contributed by atoms with E-state index in [1.807, 2.05) is 0 Å². The summed E-state index contributed by atoms with van der Waals surface area (Å²) in [6, 6.07) is 1.38. The lowest BCUT2D eigenvalue weighted by Crippen LogP contribution is -2.56. The van der Waals surface area contributed by atoms with Gasteiger partial charge in [0.05, 0.1) is 21.5 Å². The molecule has 0 unspecified atom stereocenters. The van der Waals surface area contributed by atoms with Crippen LogP contribution in [0, 0.1) is 5.41 Å². The molecule has 0 aliphatic heterocycles. The van der Waals surface area contributed by atoms with E-state index in [4.69, 9.17) is 23.2 Å². The molecular formula is C13H16Cl2N2O3. The van der Waals surface area contributed by atoms with Gasteiger partial charge in [-0.1, -0.05) is 23.2 Å². The molecule has 0 bridgehead atoms. The molecule has 0 atom stereocenters. The highest BCUT2D eigenvalue weighted by Gasteiger charge is 2.44. The minimum absolute atomic E-state index is 0.105. The molecule has 0 fully saturated rings. The Morgan fingerprint density at radius 1 is 1.25 bits per heavy atom. The number of hydrogen-bond acceptors (Lipinski definition) is 3. The number of carbonyl (C=O) groups excluding carboxylic acids is 1. The maximum absolute atomic E-state index is 12.1. The minimum atomic E-state index is -1.15. The topological polar surface area (TPSA) is 79.3 Å². The highest BCUT2D eigenvalue weighted by atomic mass is 35.5. The van der Waals surface area contributed by atoms with Crippen LogP contribution in [0.25, 0.3) is 0 Å². The number of nitrogens with zero attached hydrogens (tertiary/aromatic N) is 1. The molecule has 0 saturated carbocycles. The van der Waals surface area contributed by atoms with Crippen molar-refractivity contribution in [3.63, 3.8) is 0 Å². The van der Waals surface area contributed by atoms with E-state index >= 15 is 0 Å². The van der Waals surface area contributed by atoms with Gasteiger partial charge >= 0.3 is 5.97 Å². The van der Waals surface area contributed by atoms with Crippen LogP contribution in [-0.4, -0.2) is 27.5 Å². The van der Waals surface area contributed by atoms with Gasteiger partial charge in [-0.25, -0.2) is 4.98 Å². The molecule has 1 aromatic heterocycles. The van der Waals surface area contributed by atoms with E-state index in [9.17, 15) is 14.7 Å². The summed E-state index contributed by atoms with van der Waals surface area (Å²) >= 11 is 11.5. The van der Waals surface area contributed by atoms with Gasteiger partial charge in [-0.15, -0.1) is 0 Å². The van der Waals surface area contributed by atoms with Gasteiger partial charge in [-0.3, -0.25) is 9.59 Å². The van der Waals surface area contributed by atoms with Crippen LogP contribution in [0.4, 0.5) is 0 Å². The van der Waals surface area contributed by atoms with E-state index in [1.165, 1.54) is 12.3 Å². The van der Waals surface area contributed by atoms with E-state index in [-0.39, 0.29) is 15.7 Å². The molecule has 0 aliphatic carbocycles. The lowest BCUT2D eigenvalue weighted by atomic mass is 9.74. The molecule has 1 rings (SSSR count). The van der Waals surface area contributed by atoms with Gasteiger partial charge in [-0.05, 0) is 33.8 Å². The summed E-state index contributed by atoms with van der Waals surface area (Å²) < 4.78 is 0. The fraction of sp³-hybridized carbons (Fsp3) is 0.462. The third kappa shape index (κ3) is 3.22. The zero-order chi connectivity index (χ0) is 15.7. The molecule has 1 aromatic rings. The van der Waals surface area contributed by atoms with E-state index in [0.717, 1.165) is 0 Å². The maximum Gasteiger partial charge on any atom is 0.311 e. The number of carboxylic acid groups (broad SMARTS) is 1. The van der Waals surface area contributed by atoms with Gasteiger partial charge in [0, 0.05) is 6.20 Å². The third-order valence-corrected chi connectivity index (χ3v) is 4.27. The minimum Gasteiger partial charge on any atom is -0.481 e. The van der Waals surface area contributed by atoms with Crippen LogP contribution in [0.2, 0.25) is 10.2 Å². The van der Waals surface area contributed by atoms with Crippen molar-refractivity contribution in [1.29, 1.82) is 0 Å². The first kappa shape index (κ1) is 16.7. The molecule has 1 heterocycles. The van der Waals surface area contributed by atoms with Crippen LogP contribution < -0.4 is 5.32 Å². The van der Waals surface area contributed by atoms with Crippen molar-refractivity contribution in [1.82, 2.24) is 10.3 Å². The molecular weight excluding hydrogens is 303 g/mol. The summed E-state index contributed by atoms with van der Waals surface area (Å²) in [4.78, 5) is 27.2. The van der Waals surface area contributed by atoms with Crippen LogP contribution in [0.3, 0.4) is 0 Å². The number of hydrogen-bond donors (Lipinski definition) is 2. The average molecular weight is 319 g/mol. The summed E-state index contributed by atoms with van der Waals surface area (Å²) in [5.74, 6) is -1.47. The summed E-state index contributed by atoms with van der Waals surface area (Å²) in [7, 11) is 0.